The molecule has 0 saturated heterocycles. The highest BCUT2D eigenvalue weighted by atomic mass is 16.5. The predicted molar refractivity (Wildman–Crippen MR) is 88.2 cm³/mol. The molecule has 3 N–H and O–H groups in total. The molecule has 0 fully saturated rings. The highest BCUT2D eigenvalue weighted by Crippen LogP contribution is 2.27. The Balaban J connectivity index is 1.94. The number of rotatable bonds is 3. The quantitative estimate of drug-likeness (QED) is 0.807. The van der Waals surface area contributed by atoms with Crippen molar-refractivity contribution in [1.82, 2.24) is 15.8 Å². The molecule has 0 bridgehead atoms. The van der Waals surface area contributed by atoms with Crippen LogP contribution in [0.3, 0.4) is 0 Å². The van der Waals surface area contributed by atoms with Gasteiger partial charge in [-0.15, -0.1) is 0 Å². The first-order valence-corrected chi connectivity index (χ1v) is 7.53. The lowest BCUT2D eigenvalue weighted by Gasteiger charge is -2.28. The molecule has 2 aromatic rings. The van der Waals surface area contributed by atoms with Gasteiger partial charge in [-0.05, 0) is 26.3 Å². The minimum atomic E-state index is -0.535. The van der Waals surface area contributed by atoms with Crippen LogP contribution >= 0.6 is 0 Å². The normalized spacial score (nSPS) is 17.3. The number of aromatic nitrogens is 1. The number of anilines is 1. The summed E-state index contributed by atoms with van der Waals surface area (Å²) in [5.74, 6) is 0.581. The summed E-state index contributed by atoms with van der Waals surface area (Å²) in [4.78, 5) is 24.5. The molecule has 1 aliphatic heterocycles. The smallest absolute Gasteiger partial charge is 0.319 e. The minimum absolute atomic E-state index is 0.331. The van der Waals surface area contributed by atoms with Crippen LogP contribution in [0.15, 0.2) is 46.1 Å². The van der Waals surface area contributed by atoms with E-state index < -0.39 is 6.04 Å². The fourth-order valence-corrected chi connectivity index (χ4v) is 2.61. The van der Waals surface area contributed by atoms with Crippen LogP contribution < -0.4 is 16.0 Å². The van der Waals surface area contributed by atoms with Gasteiger partial charge in [0.1, 0.15) is 5.76 Å². The van der Waals surface area contributed by atoms with E-state index in [0.717, 1.165) is 11.1 Å². The average Bonchev–Trinajstić information content (AvgIpc) is 2.92. The Bertz CT molecular complexity index is 821. The van der Waals surface area contributed by atoms with E-state index in [1.165, 1.54) is 0 Å². The zero-order chi connectivity index (χ0) is 17.3. The maximum atomic E-state index is 12.7. The lowest BCUT2D eigenvalue weighted by Crippen LogP contribution is -2.46. The summed E-state index contributed by atoms with van der Waals surface area (Å²) in [7, 11) is 0. The number of hydrogen-bond donors (Lipinski definition) is 3. The van der Waals surface area contributed by atoms with E-state index in [1.807, 2.05) is 31.2 Å². The van der Waals surface area contributed by atoms with Gasteiger partial charge in [0.05, 0.1) is 11.6 Å². The van der Waals surface area contributed by atoms with Crippen molar-refractivity contribution in [2.45, 2.75) is 26.8 Å². The van der Waals surface area contributed by atoms with Gasteiger partial charge in [0.15, 0.2) is 5.82 Å². The van der Waals surface area contributed by atoms with Crippen molar-refractivity contribution in [3.63, 3.8) is 0 Å². The van der Waals surface area contributed by atoms with Gasteiger partial charge in [0, 0.05) is 11.8 Å². The highest BCUT2D eigenvalue weighted by Gasteiger charge is 2.31. The number of urea groups is 1. The monoisotopic (exact) mass is 326 g/mol. The van der Waals surface area contributed by atoms with Crippen LogP contribution in [0, 0.1) is 13.8 Å². The van der Waals surface area contributed by atoms with Gasteiger partial charge in [-0.1, -0.05) is 35.0 Å². The summed E-state index contributed by atoms with van der Waals surface area (Å²) in [6, 6.07) is 8.42. The lowest BCUT2D eigenvalue weighted by molar-refractivity contribution is -0.113. The van der Waals surface area contributed by atoms with Crippen molar-refractivity contribution < 1.29 is 14.1 Å². The second-order valence-corrected chi connectivity index (χ2v) is 5.76. The van der Waals surface area contributed by atoms with E-state index in [-0.39, 0.29) is 11.9 Å². The summed E-state index contributed by atoms with van der Waals surface area (Å²) in [5.41, 5.74) is 2.86. The fourth-order valence-electron chi connectivity index (χ4n) is 2.61. The van der Waals surface area contributed by atoms with Crippen molar-refractivity contribution in [3.8, 4) is 0 Å². The number of allylic oxidation sites excluding steroid dienone is 1. The molecular formula is C17H18N4O3. The third-order valence-corrected chi connectivity index (χ3v) is 3.79. The van der Waals surface area contributed by atoms with E-state index >= 15 is 0 Å². The van der Waals surface area contributed by atoms with E-state index in [4.69, 9.17) is 4.52 Å². The van der Waals surface area contributed by atoms with E-state index in [9.17, 15) is 9.59 Å². The van der Waals surface area contributed by atoms with Crippen molar-refractivity contribution in [2.24, 2.45) is 0 Å². The second-order valence-electron chi connectivity index (χ2n) is 5.76. The molecule has 24 heavy (non-hydrogen) atoms. The summed E-state index contributed by atoms with van der Waals surface area (Å²) < 4.78 is 4.96. The van der Waals surface area contributed by atoms with Gasteiger partial charge in [-0.25, -0.2) is 4.79 Å². The lowest BCUT2D eigenvalue weighted by atomic mass is 9.94. The van der Waals surface area contributed by atoms with Crippen LogP contribution in [-0.2, 0) is 4.79 Å². The Kier molecular flexibility index (Phi) is 4.07. The fraction of sp³-hybridized carbons (Fsp3) is 0.235. The van der Waals surface area contributed by atoms with Crippen LogP contribution in [0.4, 0.5) is 10.6 Å². The van der Waals surface area contributed by atoms with Crippen molar-refractivity contribution in [3.05, 3.63) is 58.5 Å². The van der Waals surface area contributed by atoms with Crippen LogP contribution in [0.2, 0.25) is 0 Å². The number of aryl methyl sites for hydroxylation is 2. The van der Waals surface area contributed by atoms with Crippen LogP contribution in [0.25, 0.3) is 0 Å². The standard InChI is InChI=1S/C17H18N4O3/c1-9-4-6-12(7-5-9)15-14(11(3)18-17(23)20-15)16(22)19-13-8-10(2)24-21-13/h4-8,15H,1-3H3,(H2,18,20,23)(H,19,21,22). The Labute approximate surface area is 139 Å². The van der Waals surface area contributed by atoms with E-state index in [1.54, 1.807) is 19.9 Å². The first-order valence-electron chi connectivity index (χ1n) is 7.53. The Morgan fingerprint density at radius 2 is 1.92 bits per heavy atom. The molecule has 1 aliphatic rings. The molecule has 0 radical (unpaired) electrons. The van der Waals surface area contributed by atoms with Crippen molar-refractivity contribution in [2.75, 3.05) is 5.32 Å². The van der Waals surface area contributed by atoms with Gasteiger partial charge in [-0.3, -0.25) is 4.79 Å². The molecule has 2 heterocycles. The summed E-state index contributed by atoms with van der Waals surface area (Å²) >= 11 is 0. The SMILES string of the molecule is CC1=C(C(=O)Nc2cc(C)on2)C(c2ccc(C)cc2)NC(=O)N1. The molecule has 3 amide bonds. The average molecular weight is 326 g/mol. The van der Waals surface area contributed by atoms with Crippen LogP contribution in [-0.4, -0.2) is 17.1 Å². The predicted octanol–water partition coefficient (Wildman–Crippen LogP) is 2.56. The molecular weight excluding hydrogens is 308 g/mol. The first kappa shape index (κ1) is 15.8. The zero-order valence-corrected chi connectivity index (χ0v) is 13.6. The number of nitrogens with zero attached hydrogens (tertiary/aromatic N) is 1. The van der Waals surface area contributed by atoms with Gasteiger partial charge >= 0.3 is 6.03 Å². The summed E-state index contributed by atoms with van der Waals surface area (Å²) in [5, 5.41) is 11.9. The van der Waals surface area contributed by atoms with E-state index in [0.29, 0.717) is 22.8 Å². The molecule has 0 aliphatic carbocycles. The molecule has 1 aromatic carbocycles. The summed E-state index contributed by atoms with van der Waals surface area (Å²) in [6.45, 7) is 5.42. The van der Waals surface area contributed by atoms with Gasteiger partial charge in [-0.2, -0.15) is 0 Å². The highest BCUT2D eigenvalue weighted by molar-refractivity contribution is 6.06. The van der Waals surface area contributed by atoms with Crippen LogP contribution in [0.5, 0.6) is 0 Å². The molecule has 124 valence electrons. The summed E-state index contributed by atoms with van der Waals surface area (Å²) in [6.07, 6.45) is 0. The van der Waals surface area contributed by atoms with E-state index in [2.05, 4.69) is 21.1 Å². The first-order chi connectivity index (χ1) is 11.4. The van der Waals surface area contributed by atoms with Gasteiger partial charge < -0.3 is 20.5 Å². The number of benzene rings is 1. The Hall–Kier alpha value is -3.09. The molecule has 1 aromatic heterocycles. The maximum absolute atomic E-state index is 12.7. The molecule has 1 atom stereocenters. The van der Waals surface area contributed by atoms with Crippen LogP contribution in [0.1, 0.15) is 29.9 Å². The number of carbonyl (C=O) groups is 2. The number of nitrogens with one attached hydrogen (secondary N) is 3. The van der Waals surface area contributed by atoms with Crippen molar-refractivity contribution >= 4 is 17.8 Å². The Morgan fingerprint density at radius 3 is 2.54 bits per heavy atom. The molecule has 0 saturated carbocycles. The third-order valence-electron chi connectivity index (χ3n) is 3.79. The second kappa shape index (κ2) is 6.19. The number of carbonyl (C=O) groups excluding carboxylic acids is 2. The van der Waals surface area contributed by atoms with Gasteiger partial charge in [0.2, 0.25) is 0 Å². The molecule has 1 unspecified atom stereocenters. The molecule has 7 heteroatoms. The molecule has 7 nitrogen and oxygen atoms in total. The minimum Gasteiger partial charge on any atom is -0.360 e. The third kappa shape index (κ3) is 3.15. The Morgan fingerprint density at radius 1 is 1.21 bits per heavy atom. The maximum Gasteiger partial charge on any atom is 0.319 e. The number of amides is 3. The largest absolute Gasteiger partial charge is 0.360 e. The topological polar surface area (TPSA) is 96.3 Å². The number of hydrogen-bond acceptors (Lipinski definition) is 4. The van der Waals surface area contributed by atoms with Crippen molar-refractivity contribution in [1.29, 1.82) is 0 Å². The molecule has 3 rings (SSSR count). The van der Waals surface area contributed by atoms with Gasteiger partial charge in [0.25, 0.3) is 5.91 Å². The zero-order valence-electron chi connectivity index (χ0n) is 13.6. The molecule has 0 spiro atoms.